The number of allylic oxidation sites excluding steroid dienone is 2. The van der Waals surface area contributed by atoms with Gasteiger partial charge in [0, 0.05) is 0 Å². The summed E-state index contributed by atoms with van der Waals surface area (Å²) in [5.41, 5.74) is 0. The molecule has 0 heterocycles. The first-order chi connectivity index (χ1) is 6.36. The van der Waals surface area contributed by atoms with Crippen LogP contribution in [-0.4, -0.2) is 0 Å². The highest BCUT2D eigenvalue weighted by Crippen LogP contribution is 2.37. The molecule has 0 nitrogen and oxygen atoms in total. The molecule has 0 spiro atoms. The molecule has 0 aromatic carbocycles. The molecule has 13 heavy (non-hydrogen) atoms. The van der Waals surface area contributed by atoms with Crippen molar-refractivity contribution in [3.63, 3.8) is 0 Å². The zero-order valence-electron chi connectivity index (χ0n) is 8.84. The highest BCUT2D eigenvalue weighted by molar-refractivity contribution is 4.95. The van der Waals surface area contributed by atoms with E-state index in [1.54, 1.807) is 0 Å². The summed E-state index contributed by atoms with van der Waals surface area (Å²) < 4.78 is 0. The van der Waals surface area contributed by atoms with Gasteiger partial charge in [-0.25, -0.2) is 0 Å². The van der Waals surface area contributed by atoms with Gasteiger partial charge in [0.1, 0.15) is 0 Å². The van der Waals surface area contributed by atoms with Crippen molar-refractivity contribution in [2.75, 3.05) is 0 Å². The van der Waals surface area contributed by atoms with Crippen molar-refractivity contribution in [3.05, 3.63) is 12.2 Å². The summed E-state index contributed by atoms with van der Waals surface area (Å²) in [6.45, 7) is 2.44. The fourth-order valence-corrected chi connectivity index (χ4v) is 3.07. The maximum atomic E-state index is 2.52. The Kier molecular flexibility index (Phi) is 3.08. The van der Waals surface area contributed by atoms with E-state index in [-0.39, 0.29) is 0 Å². The van der Waals surface area contributed by atoms with Crippen LogP contribution in [-0.2, 0) is 0 Å². The van der Waals surface area contributed by atoms with Crippen LogP contribution in [0.4, 0.5) is 0 Å². The van der Waals surface area contributed by atoms with Crippen LogP contribution >= 0.6 is 0 Å². The molecular formula is C13H22. The normalized spacial score (nSPS) is 43.0. The Morgan fingerprint density at radius 3 is 2.85 bits per heavy atom. The summed E-state index contributed by atoms with van der Waals surface area (Å²) in [4.78, 5) is 0. The topological polar surface area (TPSA) is 0 Å². The van der Waals surface area contributed by atoms with Crippen LogP contribution in [0.25, 0.3) is 0 Å². The fourth-order valence-electron chi connectivity index (χ4n) is 3.07. The molecule has 2 aliphatic rings. The first-order valence-electron chi connectivity index (χ1n) is 6.03. The second-order valence-corrected chi connectivity index (χ2v) is 5.05. The zero-order chi connectivity index (χ0) is 9.10. The van der Waals surface area contributed by atoms with E-state index in [1.165, 1.54) is 44.9 Å². The molecule has 2 aliphatic carbocycles. The summed E-state index contributed by atoms with van der Waals surface area (Å²) in [5, 5.41) is 0. The molecule has 1 fully saturated rings. The van der Waals surface area contributed by atoms with Crippen molar-refractivity contribution in [1.29, 1.82) is 0 Å². The van der Waals surface area contributed by atoms with Crippen molar-refractivity contribution >= 4 is 0 Å². The highest BCUT2D eigenvalue weighted by atomic mass is 14.3. The van der Waals surface area contributed by atoms with Gasteiger partial charge in [-0.15, -0.1) is 0 Å². The van der Waals surface area contributed by atoms with Crippen LogP contribution in [0.5, 0.6) is 0 Å². The maximum Gasteiger partial charge on any atom is -0.0205 e. The van der Waals surface area contributed by atoms with Crippen LogP contribution in [0, 0.1) is 17.8 Å². The number of fused-ring (bicyclic) bond motifs is 1. The molecule has 2 rings (SSSR count). The molecular weight excluding hydrogens is 156 g/mol. The van der Waals surface area contributed by atoms with Gasteiger partial charge in [-0.05, 0) is 49.9 Å². The van der Waals surface area contributed by atoms with Crippen LogP contribution in [0.1, 0.15) is 51.9 Å². The second-order valence-electron chi connectivity index (χ2n) is 5.05. The van der Waals surface area contributed by atoms with Crippen LogP contribution in [0.3, 0.4) is 0 Å². The summed E-state index contributed by atoms with van der Waals surface area (Å²) in [5.74, 6) is 2.94. The van der Waals surface area contributed by atoms with Gasteiger partial charge in [0.25, 0.3) is 0 Å². The van der Waals surface area contributed by atoms with E-state index in [0.717, 1.165) is 17.8 Å². The quantitative estimate of drug-likeness (QED) is 0.488. The Morgan fingerprint density at radius 1 is 1.08 bits per heavy atom. The van der Waals surface area contributed by atoms with E-state index < -0.39 is 0 Å². The molecule has 0 aliphatic heterocycles. The van der Waals surface area contributed by atoms with E-state index in [4.69, 9.17) is 0 Å². The molecule has 0 radical (unpaired) electrons. The molecule has 0 aromatic rings. The van der Waals surface area contributed by atoms with E-state index in [9.17, 15) is 0 Å². The Hall–Kier alpha value is -0.260. The number of hydrogen-bond donors (Lipinski definition) is 0. The minimum absolute atomic E-state index is 0.941. The first kappa shape index (κ1) is 9.30. The van der Waals surface area contributed by atoms with E-state index in [0.29, 0.717) is 0 Å². The summed E-state index contributed by atoms with van der Waals surface area (Å²) in [6, 6.07) is 0. The van der Waals surface area contributed by atoms with Crippen molar-refractivity contribution in [2.45, 2.75) is 51.9 Å². The first-order valence-corrected chi connectivity index (χ1v) is 6.03. The van der Waals surface area contributed by atoms with E-state index in [2.05, 4.69) is 19.1 Å². The molecule has 3 unspecified atom stereocenters. The van der Waals surface area contributed by atoms with Gasteiger partial charge in [0.2, 0.25) is 0 Å². The van der Waals surface area contributed by atoms with Crippen molar-refractivity contribution in [3.8, 4) is 0 Å². The predicted octanol–water partition coefficient (Wildman–Crippen LogP) is 4.17. The summed E-state index contributed by atoms with van der Waals surface area (Å²) >= 11 is 0. The fraction of sp³-hybridized carbons (Fsp3) is 0.846. The van der Waals surface area contributed by atoms with Gasteiger partial charge in [-0.3, -0.25) is 0 Å². The lowest BCUT2D eigenvalue weighted by Gasteiger charge is -2.32. The molecule has 1 saturated carbocycles. The third kappa shape index (κ3) is 2.36. The molecule has 0 amide bonds. The molecule has 0 saturated heterocycles. The van der Waals surface area contributed by atoms with Crippen LogP contribution < -0.4 is 0 Å². The SMILES string of the molecule is CC1CC/C=C/C2CCCCC2C1. The average molecular weight is 178 g/mol. The lowest BCUT2D eigenvalue weighted by molar-refractivity contribution is 0.229. The van der Waals surface area contributed by atoms with E-state index >= 15 is 0 Å². The van der Waals surface area contributed by atoms with Gasteiger partial charge >= 0.3 is 0 Å². The van der Waals surface area contributed by atoms with Crippen molar-refractivity contribution < 1.29 is 0 Å². The highest BCUT2D eigenvalue weighted by Gasteiger charge is 2.25. The summed E-state index contributed by atoms with van der Waals surface area (Å²) in [7, 11) is 0. The lowest BCUT2D eigenvalue weighted by Crippen LogP contribution is -2.21. The largest absolute Gasteiger partial charge is 0.0882 e. The summed E-state index contributed by atoms with van der Waals surface area (Å²) in [6.07, 6.45) is 15.1. The van der Waals surface area contributed by atoms with E-state index in [1.807, 2.05) is 0 Å². The van der Waals surface area contributed by atoms with Gasteiger partial charge in [-0.1, -0.05) is 31.9 Å². The Bertz CT molecular complexity index is 180. The van der Waals surface area contributed by atoms with Crippen molar-refractivity contribution in [2.24, 2.45) is 17.8 Å². The number of rotatable bonds is 0. The smallest absolute Gasteiger partial charge is 0.0205 e. The van der Waals surface area contributed by atoms with Gasteiger partial charge in [-0.2, -0.15) is 0 Å². The van der Waals surface area contributed by atoms with Crippen molar-refractivity contribution in [1.82, 2.24) is 0 Å². The molecule has 0 bridgehead atoms. The molecule has 0 heteroatoms. The minimum atomic E-state index is 0.941. The van der Waals surface area contributed by atoms with Crippen LogP contribution in [0.15, 0.2) is 12.2 Å². The maximum absolute atomic E-state index is 2.52. The lowest BCUT2D eigenvalue weighted by atomic mass is 9.73. The van der Waals surface area contributed by atoms with Gasteiger partial charge < -0.3 is 0 Å². The third-order valence-corrected chi connectivity index (χ3v) is 3.88. The van der Waals surface area contributed by atoms with Gasteiger partial charge in [0.15, 0.2) is 0 Å². The molecule has 74 valence electrons. The molecule has 0 aromatic heterocycles. The predicted molar refractivity (Wildman–Crippen MR) is 57.6 cm³/mol. The minimum Gasteiger partial charge on any atom is -0.0882 e. The number of hydrogen-bond acceptors (Lipinski definition) is 0. The second kappa shape index (κ2) is 4.30. The standard InChI is InChI=1S/C13H22/c1-11-6-2-3-7-12-8-4-5-9-13(12)10-11/h3,7,11-13H,2,4-6,8-10H2,1H3/b7-3+. The van der Waals surface area contributed by atoms with Gasteiger partial charge in [0.05, 0.1) is 0 Å². The Balaban J connectivity index is 2.03. The van der Waals surface area contributed by atoms with Crippen LogP contribution in [0.2, 0.25) is 0 Å². The molecule has 3 atom stereocenters. The average Bonchev–Trinajstić information content (AvgIpc) is 2.11. The monoisotopic (exact) mass is 178 g/mol. The Labute approximate surface area is 82.4 Å². The Morgan fingerprint density at radius 2 is 1.92 bits per heavy atom. The third-order valence-electron chi connectivity index (χ3n) is 3.88. The molecule has 0 N–H and O–H groups in total. The zero-order valence-corrected chi connectivity index (χ0v) is 8.84.